The average Bonchev–Trinajstić information content (AvgIpc) is 2.74. The second-order valence-electron chi connectivity index (χ2n) is 7.64. The summed E-state index contributed by atoms with van der Waals surface area (Å²) in [4.78, 5) is 26.1. The lowest BCUT2D eigenvalue weighted by Crippen LogP contribution is -2.48. The highest BCUT2D eigenvalue weighted by atomic mass is 19.1. The Hall–Kier alpha value is -3.06. The molecule has 1 aliphatic rings. The first-order valence-electron chi connectivity index (χ1n) is 10.0. The third-order valence-corrected chi connectivity index (χ3v) is 5.60. The van der Waals surface area contributed by atoms with Gasteiger partial charge in [0.1, 0.15) is 0 Å². The first-order chi connectivity index (χ1) is 14.4. The van der Waals surface area contributed by atoms with Crippen molar-refractivity contribution in [3.05, 3.63) is 64.7 Å². The number of fused-ring (bicyclic) bond motifs is 1. The van der Waals surface area contributed by atoms with Gasteiger partial charge in [0.2, 0.25) is 0 Å². The average molecular weight is 408 g/mol. The predicted molar refractivity (Wildman–Crippen MR) is 113 cm³/mol. The van der Waals surface area contributed by atoms with Crippen molar-refractivity contribution in [3.63, 3.8) is 0 Å². The number of rotatable bonds is 4. The number of hydrogen-bond donors (Lipinski definition) is 0. The quantitative estimate of drug-likeness (QED) is 0.663. The first-order valence-corrected chi connectivity index (χ1v) is 10.0. The number of amides is 1. The second kappa shape index (κ2) is 8.36. The molecular weight excluding hydrogens is 383 g/mol. The van der Waals surface area contributed by atoms with E-state index in [1.807, 2.05) is 43.0 Å². The molecule has 0 bridgehead atoms. The van der Waals surface area contributed by atoms with E-state index in [2.05, 4.69) is 14.9 Å². The Morgan fingerprint density at radius 2 is 1.70 bits per heavy atom. The van der Waals surface area contributed by atoms with E-state index in [0.29, 0.717) is 25.2 Å². The fourth-order valence-corrected chi connectivity index (χ4v) is 3.72. The van der Waals surface area contributed by atoms with Crippen molar-refractivity contribution >= 4 is 16.9 Å². The Kier molecular flexibility index (Phi) is 5.63. The van der Waals surface area contributed by atoms with E-state index in [-0.39, 0.29) is 17.5 Å². The van der Waals surface area contributed by atoms with Crippen LogP contribution in [0.1, 0.15) is 27.3 Å². The van der Waals surface area contributed by atoms with Gasteiger partial charge in [-0.2, -0.15) is 0 Å². The molecule has 0 N–H and O–H groups in total. The van der Waals surface area contributed by atoms with Gasteiger partial charge >= 0.3 is 0 Å². The molecule has 2 heterocycles. The maximum absolute atomic E-state index is 13.9. The summed E-state index contributed by atoms with van der Waals surface area (Å²) in [6.45, 7) is 7.25. The van der Waals surface area contributed by atoms with Crippen molar-refractivity contribution < 1.29 is 13.9 Å². The molecule has 7 heteroatoms. The first kappa shape index (κ1) is 20.2. The Morgan fingerprint density at radius 3 is 2.37 bits per heavy atom. The minimum absolute atomic E-state index is 0.00655. The highest BCUT2D eigenvalue weighted by Crippen LogP contribution is 2.20. The topological polar surface area (TPSA) is 58.6 Å². The van der Waals surface area contributed by atoms with Gasteiger partial charge in [-0.05, 0) is 49.7 Å². The van der Waals surface area contributed by atoms with E-state index in [0.717, 1.165) is 41.1 Å². The van der Waals surface area contributed by atoms with Crippen LogP contribution in [0.25, 0.3) is 11.0 Å². The lowest BCUT2D eigenvalue weighted by atomic mass is 10.1. The molecule has 1 amide bonds. The number of aromatic nitrogens is 2. The fourth-order valence-electron chi connectivity index (χ4n) is 3.72. The Balaban J connectivity index is 1.40. The predicted octanol–water partition coefficient (Wildman–Crippen LogP) is 3.35. The van der Waals surface area contributed by atoms with Crippen LogP contribution in [0, 0.1) is 19.7 Å². The van der Waals surface area contributed by atoms with Crippen molar-refractivity contribution in [3.8, 4) is 5.75 Å². The Bertz CT molecular complexity index is 1090. The van der Waals surface area contributed by atoms with Crippen LogP contribution in [0.4, 0.5) is 4.39 Å². The monoisotopic (exact) mass is 408 g/mol. The molecule has 1 aromatic heterocycles. The smallest absolute Gasteiger partial charge is 0.254 e. The molecule has 0 spiro atoms. The molecule has 156 valence electrons. The molecule has 4 rings (SSSR count). The van der Waals surface area contributed by atoms with E-state index < -0.39 is 0 Å². The zero-order chi connectivity index (χ0) is 21.3. The highest BCUT2D eigenvalue weighted by molar-refractivity contribution is 5.97. The van der Waals surface area contributed by atoms with E-state index in [1.54, 1.807) is 6.07 Å². The molecule has 6 nitrogen and oxygen atoms in total. The molecule has 1 fully saturated rings. The number of carbonyl (C=O) groups excluding carboxylic acids is 1. The molecule has 1 aliphatic heterocycles. The third-order valence-electron chi connectivity index (χ3n) is 5.60. The minimum atomic E-state index is -0.353. The molecule has 0 aliphatic carbocycles. The molecule has 0 atom stereocenters. The number of carbonyl (C=O) groups is 1. The van der Waals surface area contributed by atoms with Crippen molar-refractivity contribution in [2.45, 2.75) is 20.4 Å². The summed E-state index contributed by atoms with van der Waals surface area (Å²) >= 11 is 0. The van der Waals surface area contributed by atoms with Gasteiger partial charge in [0.25, 0.3) is 5.91 Å². The lowest BCUT2D eigenvalue weighted by molar-refractivity contribution is 0.0628. The van der Waals surface area contributed by atoms with Crippen LogP contribution in [0.15, 0.2) is 36.4 Å². The number of halogens is 1. The van der Waals surface area contributed by atoms with Crippen LogP contribution < -0.4 is 4.74 Å². The number of ether oxygens (including phenoxy) is 1. The molecule has 2 aromatic carbocycles. The summed E-state index contributed by atoms with van der Waals surface area (Å²) in [6.07, 6.45) is 0. The maximum Gasteiger partial charge on any atom is 0.254 e. The molecule has 3 aromatic rings. The summed E-state index contributed by atoms with van der Waals surface area (Å²) in [7, 11) is 1.46. The summed E-state index contributed by atoms with van der Waals surface area (Å²) < 4.78 is 18.9. The van der Waals surface area contributed by atoms with Crippen LogP contribution in [-0.2, 0) is 6.54 Å². The number of piperazine rings is 1. The maximum atomic E-state index is 13.9. The van der Waals surface area contributed by atoms with Gasteiger partial charge in [0, 0.05) is 38.3 Å². The Labute approximate surface area is 175 Å². The number of aryl methyl sites for hydroxylation is 2. The number of benzene rings is 2. The van der Waals surface area contributed by atoms with E-state index in [4.69, 9.17) is 4.74 Å². The van der Waals surface area contributed by atoms with Gasteiger partial charge in [-0.1, -0.05) is 6.07 Å². The molecule has 1 saturated heterocycles. The van der Waals surface area contributed by atoms with Crippen LogP contribution in [0.2, 0.25) is 0 Å². The van der Waals surface area contributed by atoms with Crippen molar-refractivity contribution in [2.75, 3.05) is 33.3 Å². The van der Waals surface area contributed by atoms with Gasteiger partial charge in [0.05, 0.1) is 29.5 Å². The van der Waals surface area contributed by atoms with Crippen LogP contribution in [0.5, 0.6) is 5.75 Å². The standard InChI is InChI=1S/C23H25FN4O2/c1-15-16(2)26-21-13-18(5-6-20(21)25-15)23(29)28-10-8-27(9-11-28)14-17-4-7-22(30-3)19(24)12-17/h4-7,12-13H,8-11,14H2,1-3H3. The summed E-state index contributed by atoms with van der Waals surface area (Å²) in [5.74, 6) is -0.0969. The van der Waals surface area contributed by atoms with Crippen LogP contribution in [0.3, 0.4) is 0 Å². The van der Waals surface area contributed by atoms with E-state index in [1.165, 1.54) is 13.2 Å². The van der Waals surface area contributed by atoms with Gasteiger partial charge < -0.3 is 9.64 Å². The zero-order valence-electron chi connectivity index (χ0n) is 17.5. The highest BCUT2D eigenvalue weighted by Gasteiger charge is 2.23. The molecule has 0 radical (unpaired) electrons. The van der Waals surface area contributed by atoms with Gasteiger partial charge in [-0.15, -0.1) is 0 Å². The van der Waals surface area contributed by atoms with Gasteiger partial charge in [-0.3, -0.25) is 9.69 Å². The fraction of sp³-hybridized carbons (Fsp3) is 0.348. The number of methoxy groups -OCH3 is 1. The van der Waals surface area contributed by atoms with Crippen molar-refractivity contribution in [1.29, 1.82) is 0 Å². The van der Waals surface area contributed by atoms with E-state index >= 15 is 0 Å². The molecular formula is C23H25FN4O2. The van der Waals surface area contributed by atoms with Gasteiger partial charge in [0.15, 0.2) is 11.6 Å². The number of hydrogen-bond acceptors (Lipinski definition) is 5. The molecule has 30 heavy (non-hydrogen) atoms. The largest absolute Gasteiger partial charge is 0.494 e. The zero-order valence-corrected chi connectivity index (χ0v) is 17.5. The minimum Gasteiger partial charge on any atom is -0.494 e. The summed E-state index contributed by atoms with van der Waals surface area (Å²) in [5, 5.41) is 0. The SMILES string of the molecule is COc1ccc(CN2CCN(C(=O)c3ccc4nc(C)c(C)nc4c3)CC2)cc1F. The Morgan fingerprint density at radius 1 is 1.00 bits per heavy atom. The van der Waals surface area contributed by atoms with Crippen LogP contribution in [-0.4, -0.2) is 59.0 Å². The molecule has 0 saturated carbocycles. The summed E-state index contributed by atoms with van der Waals surface area (Å²) in [5.41, 5.74) is 4.83. The van der Waals surface area contributed by atoms with Gasteiger partial charge in [-0.25, -0.2) is 14.4 Å². The lowest BCUT2D eigenvalue weighted by Gasteiger charge is -2.34. The van der Waals surface area contributed by atoms with Crippen LogP contribution >= 0.6 is 0 Å². The third kappa shape index (κ3) is 4.11. The summed E-state index contributed by atoms with van der Waals surface area (Å²) in [6, 6.07) is 10.5. The van der Waals surface area contributed by atoms with E-state index in [9.17, 15) is 9.18 Å². The molecule has 0 unspecified atom stereocenters. The second-order valence-corrected chi connectivity index (χ2v) is 7.64. The normalized spacial score (nSPS) is 14.9. The number of nitrogens with zero attached hydrogens (tertiary/aromatic N) is 4. The van der Waals surface area contributed by atoms with Crippen molar-refractivity contribution in [2.24, 2.45) is 0 Å². The van der Waals surface area contributed by atoms with Crippen molar-refractivity contribution in [1.82, 2.24) is 19.8 Å².